The first-order valence-corrected chi connectivity index (χ1v) is 11.0. The van der Waals surface area contributed by atoms with Gasteiger partial charge in [-0.3, -0.25) is 14.8 Å². The number of hydrogen-bond donors (Lipinski definition) is 0. The van der Waals surface area contributed by atoms with Gasteiger partial charge in [0.1, 0.15) is 5.82 Å². The van der Waals surface area contributed by atoms with Crippen molar-refractivity contribution in [2.45, 2.75) is 6.04 Å². The van der Waals surface area contributed by atoms with Gasteiger partial charge in [0.2, 0.25) is 0 Å². The fourth-order valence-electron chi connectivity index (χ4n) is 5.40. The van der Waals surface area contributed by atoms with Crippen molar-refractivity contribution < 1.29 is 4.79 Å². The number of rotatable bonds is 3. The minimum atomic E-state index is 0.0416. The highest BCUT2D eigenvalue weighted by Gasteiger charge is 2.49. The van der Waals surface area contributed by atoms with Gasteiger partial charge in [0, 0.05) is 67.2 Å². The van der Waals surface area contributed by atoms with Crippen LogP contribution in [0.2, 0.25) is 0 Å². The smallest absolute Gasteiger partial charge is 0.254 e. The van der Waals surface area contributed by atoms with Crippen molar-refractivity contribution >= 4 is 22.6 Å². The highest BCUT2D eigenvalue weighted by molar-refractivity contribution is 5.94. The number of aromatic nitrogens is 3. The normalized spacial score (nSPS) is 22.3. The second-order valence-corrected chi connectivity index (χ2v) is 8.58. The molecule has 6 rings (SSSR count). The van der Waals surface area contributed by atoms with Crippen LogP contribution in [-0.2, 0) is 0 Å². The maximum Gasteiger partial charge on any atom is 0.254 e. The molecule has 1 amide bonds. The molecular weight excluding hydrogens is 398 g/mol. The van der Waals surface area contributed by atoms with E-state index in [-0.39, 0.29) is 11.9 Å². The molecule has 0 unspecified atom stereocenters. The average Bonchev–Trinajstić information content (AvgIpc) is 3.42. The molecule has 1 aromatic carbocycles. The van der Waals surface area contributed by atoms with Crippen LogP contribution in [0.1, 0.15) is 22.0 Å². The molecule has 6 nitrogen and oxygen atoms in total. The van der Waals surface area contributed by atoms with Gasteiger partial charge in [-0.05, 0) is 35.9 Å². The van der Waals surface area contributed by atoms with Gasteiger partial charge in [-0.15, -0.1) is 0 Å². The van der Waals surface area contributed by atoms with Crippen molar-refractivity contribution in [1.82, 2.24) is 19.9 Å². The molecule has 3 atom stereocenters. The summed E-state index contributed by atoms with van der Waals surface area (Å²) in [5, 5.41) is 1.08. The number of hydrogen-bond acceptors (Lipinski definition) is 5. The summed E-state index contributed by atoms with van der Waals surface area (Å²) < 4.78 is 0. The number of benzene rings is 1. The minimum Gasteiger partial charge on any atom is -0.355 e. The van der Waals surface area contributed by atoms with Gasteiger partial charge in [-0.2, -0.15) is 0 Å². The third-order valence-corrected chi connectivity index (χ3v) is 6.80. The molecule has 3 aromatic heterocycles. The molecule has 0 aliphatic carbocycles. The Hall–Kier alpha value is -3.80. The molecule has 2 aliphatic heterocycles. The third kappa shape index (κ3) is 3.11. The number of carbonyl (C=O) groups excluding carboxylic acids is 1. The summed E-state index contributed by atoms with van der Waals surface area (Å²) in [6, 6.07) is 20.1. The van der Waals surface area contributed by atoms with Gasteiger partial charge in [0.25, 0.3) is 5.91 Å². The van der Waals surface area contributed by atoms with Crippen molar-refractivity contribution in [2.75, 3.05) is 24.5 Å². The summed E-state index contributed by atoms with van der Waals surface area (Å²) in [5.74, 6) is 1.80. The molecule has 6 heteroatoms. The summed E-state index contributed by atoms with van der Waals surface area (Å²) in [7, 11) is 0. The Labute approximate surface area is 186 Å². The van der Waals surface area contributed by atoms with E-state index in [2.05, 4.69) is 50.1 Å². The molecule has 2 saturated heterocycles. The molecule has 0 bridgehead atoms. The fourth-order valence-corrected chi connectivity index (χ4v) is 5.40. The van der Waals surface area contributed by atoms with E-state index in [1.54, 1.807) is 24.5 Å². The second kappa shape index (κ2) is 7.71. The highest BCUT2D eigenvalue weighted by Crippen LogP contribution is 2.46. The molecule has 32 heavy (non-hydrogen) atoms. The summed E-state index contributed by atoms with van der Waals surface area (Å²) in [6.07, 6.45) is 7.03. The number of likely N-dealkylation sites (tertiary alicyclic amines) is 1. The van der Waals surface area contributed by atoms with Gasteiger partial charge in [-0.25, -0.2) is 4.98 Å². The number of anilines is 1. The zero-order chi connectivity index (χ0) is 21.5. The van der Waals surface area contributed by atoms with E-state index in [1.165, 1.54) is 5.56 Å². The molecule has 158 valence electrons. The van der Waals surface area contributed by atoms with E-state index in [1.807, 2.05) is 30.6 Å². The second-order valence-electron chi connectivity index (χ2n) is 8.58. The van der Waals surface area contributed by atoms with Crippen LogP contribution < -0.4 is 4.90 Å². The molecule has 4 aromatic rings. The van der Waals surface area contributed by atoms with Crippen LogP contribution in [-0.4, -0.2) is 45.4 Å². The maximum absolute atomic E-state index is 13.5. The largest absolute Gasteiger partial charge is 0.355 e. The molecular formula is C26H23N5O. The number of pyridine rings is 3. The third-order valence-electron chi connectivity index (χ3n) is 6.80. The van der Waals surface area contributed by atoms with Gasteiger partial charge >= 0.3 is 0 Å². The Bertz CT molecular complexity index is 1260. The SMILES string of the molecule is O=C(c1ccncc1)N1C[C@@H]2CN(c3nccc4ncccc34)C[C@@H]2[C@H]1c1ccccc1. The van der Waals surface area contributed by atoms with Crippen LogP contribution in [0.5, 0.6) is 0 Å². The van der Waals surface area contributed by atoms with E-state index in [0.29, 0.717) is 17.4 Å². The van der Waals surface area contributed by atoms with E-state index in [0.717, 1.165) is 36.4 Å². The molecule has 2 aliphatic rings. The lowest BCUT2D eigenvalue weighted by Gasteiger charge is -2.30. The predicted molar refractivity (Wildman–Crippen MR) is 123 cm³/mol. The standard InChI is InChI=1S/C26H23N5O/c32-26(19-8-12-27-13-9-19)31-16-20-15-30(17-22(20)24(31)18-5-2-1-3-6-18)25-21-7-4-11-28-23(21)10-14-29-25/h1-14,20,22,24H,15-17H2/t20-,22-,24+/m0/s1. The summed E-state index contributed by atoms with van der Waals surface area (Å²) >= 11 is 0. The first-order valence-electron chi connectivity index (χ1n) is 11.0. The van der Waals surface area contributed by atoms with E-state index >= 15 is 0 Å². The van der Waals surface area contributed by atoms with Crippen LogP contribution in [0.4, 0.5) is 5.82 Å². The van der Waals surface area contributed by atoms with Crippen molar-refractivity contribution in [2.24, 2.45) is 11.8 Å². The number of amides is 1. The first kappa shape index (κ1) is 18.9. The van der Waals surface area contributed by atoms with Crippen molar-refractivity contribution in [3.8, 4) is 0 Å². The Morgan fingerprint density at radius 1 is 0.812 bits per heavy atom. The zero-order valence-electron chi connectivity index (χ0n) is 17.6. The van der Waals surface area contributed by atoms with Crippen LogP contribution in [0.3, 0.4) is 0 Å². The molecule has 0 N–H and O–H groups in total. The summed E-state index contributed by atoms with van der Waals surface area (Å²) in [5.41, 5.74) is 2.85. The molecule has 0 spiro atoms. The van der Waals surface area contributed by atoms with Crippen molar-refractivity contribution in [3.63, 3.8) is 0 Å². The monoisotopic (exact) mass is 421 g/mol. The Balaban J connectivity index is 1.35. The average molecular weight is 422 g/mol. The van der Waals surface area contributed by atoms with Gasteiger partial charge < -0.3 is 9.80 Å². The number of nitrogens with zero attached hydrogens (tertiary/aromatic N) is 5. The lowest BCUT2D eigenvalue weighted by molar-refractivity contribution is 0.0715. The molecule has 0 saturated carbocycles. The highest BCUT2D eigenvalue weighted by atomic mass is 16.2. The summed E-state index contributed by atoms with van der Waals surface area (Å²) in [4.78, 5) is 31.2. The molecule has 0 radical (unpaired) electrons. The number of carbonyl (C=O) groups is 1. The minimum absolute atomic E-state index is 0.0416. The van der Waals surface area contributed by atoms with E-state index < -0.39 is 0 Å². The van der Waals surface area contributed by atoms with Crippen LogP contribution >= 0.6 is 0 Å². The number of fused-ring (bicyclic) bond motifs is 2. The Morgan fingerprint density at radius 3 is 2.50 bits per heavy atom. The van der Waals surface area contributed by atoms with Gasteiger partial charge in [-0.1, -0.05) is 30.3 Å². The predicted octanol–water partition coefficient (Wildman–Crippen LogP) is 3.97. The first-order chi connectivity index (χ1) is 15.8. The van der Waals surface area contributed by atoms with E-state index in [9.17, 15) is 4.79 Å². The van der Waals surface area contributed by atoms with Gasteiger partial charge in [0.15, 0.2) is 0 Å². The van der Waals surface area contributed by atoms with Crippen LogP contribution in [0, 0.1) is 11.8 Å². The summed E-state index contributed by atoms with van der Waals surface area (Å²) in [6.45, 7) is 2.49. The Morgan fingerprint density at radius 2 is 1.66 bits per heavy atom. The lowest BCUT2D eigenvalue weighted by Crippen LogP contribution is -2.36. The van der Waals surface area contributed by atoms with Crippen molar-refractivity contribution in [3.05, 3.63) is 96.6 Å². The van der Waals surface area contributed by atoms with Gasteiger partial charge in [0.05, 0.1) is 11.6 Å². The van der Waals surface area contributed by atoms with E-state index in [4.69, 9.17) is 4.98 Å². The van der Waals surface area contributed by atoms with Crippen molar-refractivity contribution in [1.29, 1.82) is 0 Å². The topological polar surface area (TPSA) is 62.2 Å². The molecule has 2 fully saturated rings. The molecule has 5 heterocycles. The lowest BCUT2D eigenvalue weighted by atomic mass is 9.89. The van der Waals surface area contributed by atoms with Crippen LogP contribution in [0.25, 0.3) is 10.9 Å². The quantitative estimate of drug-likeness (QED) is 0.501. The fraction of sp³-hybridized carbons (Fsp3) is 0.231. The van der Waals surface area contributed by atoms with Crippen LogP contribution in [0.15, 0.2) is 85.5 Å². The maximum atomic E-state index is 13.5. The Kier molecular flexibility index (Phi) is 4.56. The zero-order valence-corrected chi connectivity index (χ0v) is 17.6.